The number of fused-ring (bicyclic) bond motifs is 1. The summed E-state index contributed by atoms with van der Waals surface area (Å²) in [5.74, 6) is -0.0406. The molecule has 2 heterocycles. The number of rotatable bonds is 6. The zero-order valence-corrected chi connectivity index (χ0v) is 12.4. The molecule has 8 nitrogen and oxygen atoms in total. The highest BCUT2D eigenvalue weighted by Gasteiger charge is 2.26. The Bertz CT molecular complexity index is 743. The summed E-state index contributed by atoms with van der Waals surface area (Å²) in [6.07, 6.45) is 2.21. The van der Waals surface area contributed by atoms with Crippen molar-refractivity contribution in [2.75, 3.05) is 11.9 Å². The number of nitrogens with zero attached hydrogens (tertiary/aromatic N) is 3. The minimum atomic E-state index is -0.751. The van der Waals surface area contributed by atoms with Crippen molar-refractivity contribution in [2.45, 2.75) is 26.3 Å². The van der Waals surface area contributed by atoms with E-state index in [0.717, 1.165) is 10.8 Å². The number of aliphatic hydroxyl groups excluding tert-OH is 1. The van der Waals surface area contributed by atoms with Crippen LogP contribution in [0.3, 0.4) is 0 Å². The number of nitrogens with one attached hydrogen (secondary N) is 1. The predicted octanol–water partition coefficient (Wildman–Crippen LogP) is 1.42. The van der Waals surface area contributed by atoms with Crippen LogP contribution in [0.2, 0.25) is 0 Å². The van der Waals surface area contributed by atoms with Gasteiger partial charge in [-0.3, -0.25) is 19.3 Å². The highest BCUT2D eigenvalue weighted by Crippen LogP contribution is 2.21. The maximum atomic E-state index is 12.3. The Labute approximate surface area is 126 Å². The molecule has 0 radical (unpaired) electrons. The third-order valence-corrected chi connectivity index (χ3v) is 3.74. The van der Waals surface area contributed by atoms with Crippen molar-refractivity contribution in [3.8, 4) is 0 Å². The highest BCUT2D eigenvalue weighted by molar-refractivity contribution is 5.60. The van der Waals surface area contributed by atoms with Gasteiger partial charge in [0, 0.05) is 6.20 Å². The topological polar surface area (TPSA) is 110 Å². The average Bonchev–Trinajstić information content (AvgIpc) is 2.51. The van der Waals surface area contributed by atoms with Crippen molar-refractivity contribution in [3.05, 3.63) is 44.9 Å². The van der Waals surface area contributed by atoms with E-state index < -0.39 is 22.2 Å². The van der Waals surface area contributed by atoms with Gasteiger partial charge >= 0.3 is 11.2 Å². The predicted molar refractivity (Wildman–Crippen MR) is 82.1 cm³/mol. The lowest BCUT2D eigenvalue weighted by molar-refractivity contribution is -0.385. The molecule has 118 valence electrons. The summed E-state index contributed by atoms with van der Waals surface area (Å²) in [7, 11) is 0. The molecular weight excluding hydrogens is 288 g/mol. The lowest BCUT2D eigenvalue weighted by Gasteiger charge is -2.22. The van der Waals surface area contributed by atoms with Crippen LogP contribution >= 0.6 is 0 Å². The van der Waals surface area contributed by atoms with Gasteiger partial charge in [-0.1, -0.05) is 26.3 Å². The second kappa shape index (κ2) is 6.52. The number of anilines is 1. The number of pyridine rings is 1. The molecule has 8 heteroatoms. The van der Waals surface area contributed by atoms with Gasteiger partial charge in [0.25, 0.3) is 0 Å². The van der Waals surface area contributed by atoms with Gasteiger partial charge in [-0.05, 0) is 18.1 Å². The van der Waals surface area contributed by atoms with Crippen molar-refractivity contribution in [1.29, 1.82) is 0 Å². The van der Waals surface area contributed by atoms with Crippen LogP contribution in [0.5, 0.6) is 0 Å². The quantitative estimate of drug-likeness (QED) is 0.617. The Morgan fingerprint density at radius 2 is 2.23 bits per heavy atom. The Morgan fingerprint density at radius 3 is 2.82 bits per heavy atom. The SMILES string of the molecule is CCC(C)C(CO)Nc1nc2ccccn2c(=O)c1[N+](=O)[O-]. The van der Waals surface area contributed by atoms with Crippen LogP contribution in [0, 0.1) is 16.0 Å². The fraction of sp³-hybridized carbons (Fsp3) is 0.429. The van der Waals surface area contributed by atoms with Gasteiger partial charge in [0.1, 0.15) is 5.65 Å². The van der Waals surface area contributed by atoms with E-state index in [2.05, 4.69) is 10.3 Å². The molecule has 0 amide bonds. The zero-order chi connectivity index (χ0) is 16.3. The minimum absolute atomic E-state index is 0.0700. The number of hydrogen-bond acceptors (Lipinski definition) is 6. The molecule has 22 heavy (non-hydrogen) atoms. The average molecular weight is 306 g/mol. The molecule has 0 fully saturated rings. The summed E-state index contributed by atoms with van der Waals surface area (Å²) in [5.41, 5.74) is -1.06. The van der Waals surface area contributed by atoms with E-state index in [1.54, 1.807) is 18.2 Å². The van der Waals surface area contributed by atoms with Crippen LogP contribution in [0.1, 0.15) is 20.3 Å². The summed E-state index contributed by atoms with van der Waals surface area (Å²) >= 11 is 0. The van der Waals surface area contributed by atoms with Crippen molar-refractivity contribution in [2.24, 2.45) is 5.92 Å². The number of nitro groups is 1. The first-order valence-corrected chi connectivity index (χ1v) is 7.02. The summed E-state index contributed by atoms with van der Waals surface area (Å²) in [4.78, 5) is 26.9. The van der Waals surface area contributed by atoms with Gasteiger partial charge in [0.2, 0.25) is 5.82 Å². The molecule has 2 N–H and O–H groups in total. The van der Waals surface area contributed by atoms with Crippen LogP contribution in [-0.4, -0.2) is 32.1 Å². The normalized spacial score (nSPS) is 13.8. The van der Waals surface area contributed by atoms with E-state index >= 15 is 0 Å². The Kier molecular flexibility index (Phi) is 4.71. The van der Waals surface area contributed by atoms with E-state index in [9.17, 15) is 20.0 Å². The van der Waals surface area contributed by atoms with E-state index in [-0.39, 0.29) is 18.3 Å². The largest absolute Gasteiger partial charge is 0.394 e. The molecule has 0 aromatic carbocycles. The fourth-order valence-electron chi connectivity index (χ4n) is 2.17. The monoisotopic (exact) mass is 306 g/mol. The van der Waals surface area contributed by atoms with E-state index in [4.69, 9.17) is 0 Å². The van der Waals surface area contributed by atoms with Gasteiger partial charge < -0.3 is 10.4 Å². The smallest absolute Gasteiger partial charge is 0.376 e. The van der Waals surface area contributed by atoms with Gasteiger partial charge in [0.15, 0.2) is 0 Å². The second-order valence-corrected chi connectivity index (χ2v) is 5.12. The molecule has 0 saturated carbocycles. The summed E-state index contributed by atoms with van der Waals surface area (Å²) in [6, 6.07) is 4.47. The first kappa shape index (κ1) is 15.9. The van der Waals surface area contributed by atoms with Crippen LogP contribution in [0.15, 0.2) is 29.2 Å². The van der Waals surface area contributed by atoms with Crippen LogP contribution in [0.25, 0.3) is 5.65 Å². The number of hydrogen-bond donors (Lipinski definition) is 2. The number of aliphatic hydroxyl groups is 1. The fourth-order valence-corrected chi connectivity index (χ4v) is 2.17. The number of aromatic nitrogens is 2. The standard InChI is InChI=1S/C14H18N4O4/c1-3-9(2)10(8-19)15-13-12(18(21)22)14(20)17-7-5-4-6-11(17)16-13/h4-7,9-10,15,19H,3,8H2,1-2H3. The lowest BCUT2D eigenvalue weighted by Crippen LogP contribution is -2.33. The van der Waals surface area contributed by atoms with E-state index in [0.29, 0.717) is 5.65 Å². The molecule has 0 bridgehead atoms. The third-order valence-electron chi connectivity index (χ3n) is 3.74. The maximum Gasteiger partial charge on any atom is 0.376 e. The molecule has 2 rings (SSSR count). The second-order valence-electron chi connectivity index (χ2n) is 5.12. The first-order chi connectivity index (χ1) is 10.5. The van der Waals surface area contributed by atoms with Gasteiger partial charge in [-0.25, -0.2) is 4.98 Å². The van der Waals surface area contributed by atoms with E-state index in [1.165, 1.54) is 6.20 Å². The maximum absolute atomic E-state index is 12.3. The minimum Gasteiger partial charge on any atom is -0.394 e. The Morgan fingerprint density at radius 1 is 1.50 bits per heavy atom. The summed E-state index contributed by atoms with van der Waals surface area (Å²) in [6.45, 7) is 3.65. The molecule has 0 aliphatic heterocycles. The molecular formula is C14H18N4O4. The van der Waals surface area contributed by atoms with Crippen molar-refractivity contribution in [1.82, 2.24) is 9.38 Å². The molecule has 0 spiro atoms. The van der Waals surface area contributed by atoms with Gasteiger partial charge in [-0.15, -0.1) is 0 Å². The van der Waals surface area contributed by atoms with Crippen LogP contribution in [0.4, 0.5) is 11.5 Å². The highest BCUT2D eigenvalue weighted by atomic mass is 16.6. The van der Waals surface area contributed by atoms with E-state index in [1.807, 2.05) is 13.8 Å². The Balaban J connectivity index is 2.59. The van der Waals surface area contributed by atoms with Crippen molar-refractivity contribution in [3.63, 3.8) is 0 Å². The van der Waals surface area contributed by atoms with Crippen LogP contribution < -0.4 is 10.9 Å². The molecule has 2 atom stereocenters. The summed E-state index contributed by atoms with van der Waals surface area (Å²) < 4.78 is 1.13. The molecule has 2 unspecified atom stereocenters. The molecule has 0 aliphatic carbocycles. The van der Waals surface area contributed by atoms with Gasteiger partial charge in [0.05, 0.1) is 17.6 Å². The van der Waals surface area contributed by atoms with Crippen LogP contribution in [-0.2, 0) is 0 Å². The van der Waals surface area contributed by atoms with Crippen molar-refractivity contribution >= 4 is 17.2 Å². The first-order valence-electron chi connectivity index (χ1n) is 7.02. The van der Waals surface area contributed by atoms with Gasteiger partial charge in [-0.2, -0.15) is 0 Å². The molecule has 0 aliphatic rings. The third kappa shape index (κ3) is 2.91. The molecule has 0 saturated heterocycles. The Hall–Kier alpha value is -2.48. The molecule has 2 aromatic rings. The summed E-state index contributed by atoms with van der Waals surface area (Å²) in [5, 5.41) is 23.5. The van der Waals surface area contributed by atoms with Crippen molar-refractivity contribution < 1.29 is 10.0 Å². The lowest BCUT2D eigenvalue weighted by atomic mass is 10.00. The molecule has 2 aromatic heterocycles. The zero-order valence-electron chi connectivity index (χ0n) is 12.4.